The lowest BCUT2D eigenvalue weighted by Gasteiger charge is -2.41. The van der Waals surface area contributed by atoms with Gasteiger partial charge in [-0.1, -0.05) is 5.21 Å². The number of likely N-dealkylation sites (tertiary alicyclic amines) is 1. The van der Waals surface area contributed by atoms with Gasteiger partial charge in [0.15, 0.2) is 6.10 Å². The number of nitrogens with zero attached hydrogens (tertiary/aromatic N) is 8. The van der Waals surface area contributed by atoms with E-state index in [2.05, 4.69) is 31.4 Å². The lowest BCUT2D eigenvalue weighted by atomic mass is 10.0. The van der Waals surface area contributed by atoms with Gasteiger partial charge in [0, 0.05) is 24.8 Å². The van der Waals surface area contributed by atoms with Crippen LogP contribution in [-0.2, 0) is 19.0 Å². The zero-order chi connectivity index (χ0) is 29.4. The van der Waals surface area contributed by atoms with Gasteiger partial charge in [-0.25, -0.2) is 13.6 Å². The molecule has 13 nitrogen and oxygen atoms in total. The van der Waals surface area contributed by atoms with Crippen LogP contribution in [0.1, 0.15) is 41.9 Å². The van der Waals surface area contributed by atoms with E-state index in [1.165, 1.54) is 16.8 Å². The molecule has 0 N–H and O–H groups in total. The van der Waals surface area contributed by atoms with Crippen molar-refractivity contribution in [3.8, 4) is 23.1 Å². The quantitative estimate of drug-likeness (QED) is 0.262. The van der Waals surface area contributed by atoms with Crippen LogP contribution in [0.4, 0.5) is 4.39 Å². The van der Waals surface area contributed by atoms with Crippen molar-refractivity contribution in [2.24, 2.45) is 0 Å². The number of hydrogen-bond acceptors (Lipinski definition) is 11. The highest BCUT2D eigenvalue weighted by molar-refractivity contribution is 7.86. The SMILES string of the molecule is Cc1c(-c2cc(OCC(OS(C)(=O)=O)c3ccc(F)cn3)c3c(C#N)cnn3c2)nnn1C1CCN(C2COC2)CC1. The molecule has 4 aromatic rings. The van der Waals surface area contributed by atoms with Gasteiger partial charge in [-0.2, -0.15) is 18.8 Å². The molecule has 15 heteroatoms. The standard InChI is InChI=1S/C27H29FN8O5S/c1-17-26(32-33-36(17)21-5-7-34(8-6-21)22-14-39-15-22)18-9-24(27-19(10-29)11-31-35(27)13-18)40-16-25(41-42(2,37)38)23-4-3-20(28)12-30-23/h3-4,9,11-13,21-22,25H,5-8,14-16H2,1-2H3. The molecular weight excluding hydrogens is 567 g/mol. The highest BCUT2D eigenvalue weighted by Crippen LogP contribution is 2.33. The fraction of sp³-hybridized carbons (Fsp3) is 0.444. The first kappa shape index (κ1) is 28.2. The van der Waals surface area contributed by atoms with E-state index in [-0.39, 0.29) is 29.7 Å². The first-order valence-electron chi connectivity index (χ1n) is 13.5. The molecular formula is C27H29FN8O5S. The minimum Gasteiger partial charge on any atom is -0.488 e. The Morgan fingerprint density at radius 2 is 2.00 bits per heavy atom. The van der Waals surface area contributed by atoms with Crippen LogP contribution in [-0.4, -0.2) is 88.1 Å². The van der Waals surface area contributed by atoms with Crippen molar-refractivity contribution in [1.29, 1.82) is 5.26 Å². The van der Waals surface area contributed by atoms with Gasteiger partial charge < -0.3 is 9.47 Å². The summed E-state index contributed by atoms with van der Waals surface area (Å²) < 4.78 is 57.6. The van der Waals surface area contributed by atoms with Crippen LogP contribution in [0.25, 0.3) is 16.8 Å². The van der Waals surface area contributed by atoms with Crippen LogP contribution in [0.15, 0.2) is 36.8 Å². The highest BCUT2D eigenvalue weighted by atomic mass is 32.2. The molecule has 2 fully saturated rings. The molecule has 0 bridgehead atoms. The van der Waals surface area contributed by atoms with Gasteiger partial charge in [-0.15, -0.1) is 5.10 Å². The van der Waals surface area contributed by atoms with Crippen LogP contribution >= 0.6 is 0 Å². The van der Waals surface area contributed by atoms with E-state index < -0.39 is 22.0 Å². The molecule has 1 unspecified atom stereocenters. The first-order valence-corrected chi connectivity index (χ1v) is 15.3. The van der Waals surface area contributed by atoms with E-state index in [9.17, 15) is 18.1 Å². The molecule has 42 heavy (non-hydrogen) atoms. The number of fused-ring (bicyclic) bond motifs is 1. The van der Waals surface area contributed by atoms with Crippen molar-refractivity contribution in [3.63, 3.8) is 0 Å². The van der Waals surface area contributed by atoms with Gasteiger partial charge in [-0.3, -0.25) is 14.1 Å². The highest BCUT2D eigenvalue weighted by Gasteiger charge is 2.31. The van der Waals surface area contributed by atoms with E-state index in [4.69, 9.17) is 13.7 Å². The number of nitriles is 1. The Kier molecular flexibility index (Phi) is 7.62. The van der Waals surface area contributed by atoms with Crippen molar-refractivity contribution >= 4 is 15.6 Å². The van der Waals surface area contributed by atoms with Crippen LogP contribution in [0.2, 0.25) is 0 Å². The van der Waals surface area contributed by atoms with Gasteiger partial charge in [-0.05, 0) is 38.0 Å². The average Bonchev–Trinajstić information content (AvgIpc) is 3.53. The third kappa shape index (κ3) is 5.71. The zero-order valence-corrected chi connectivity index (χ0v) is 23.9. The van der Waals surface area contributed by atoms with Crippen molar-refractivity contribution in [3.05, 3.63) is 59.6 Å². The second kappa shape index (κ2) is 11.4. The molecule has 2 saturated heterocycles. The topological polar surface area (TPSA) is 150 Å². The van der Waals surface area contributed by atoms with Crippen molar-refractivity contribution in [2.75, 3.05) is 39.2 Å². The predicted octanol–water partition coefficient (Wildman–Crippen LogP) is 2.44. The van der Waals surface area contributed by atoms with Gasteiger partial charge in [0.05, 0.1) is 55.3 Å². The summed E-state index contributed by atoms with van der Waals surface area (Å²) in [4.78, 5) is 6.43. The van der Waals surface area contributed by atoms with E-state index in [1.807, 2.05) is 11.6 Å². The summed E-state index contributed by atoms with van der Waals surface area (Å²) in [6, 6.07) is 7.03. The molecule has 4 aromatic heterocycles. The fourth-order valence-electron chi connectivity index (χ4n) is 5.41. The van der Waals surface area contributed by atoms with E-state index in [1.54, 1.807) is 12.3 Å². The van der Waals surface area contributed by atoms with E-state index in [0.29, 0.717) is 22.8 Å². The number of aromatic nitrogens is 6. The molecule has 0 aliphatic carbocycles. The van der Waals surface area contributed by atoms with E-state index in [0.717, 1.165) is 63.4 Å². The summed E-state index contributed by atoms with van der Waals surface area (Å²) in [7, 11) is -3.92. The van der Waals surface area contributed by atoms with Crippen molar-refractivity contribution in [1.82, 2.24) is 34.5 Å². The normalized spacial score (nSPS) is 17.7. The second-order valence-corrected chi connectivity index (χ2v) is 12.1. The lowest BCUT2D eigenvalue weighted by Crippen LogP contribution is -2.52. The second-order valence-electron chi connectivity index (χ2n) is 10.5. The van der Waals surface area contributed by atoms with E-state index >= 15 is 0 Å². The van der Waals surface area contributed by atoms with Crippen LogP contribution in [0.5, 0.6) is 5.75 Å². The van der Waals surface area contributed by atoms with Gasteiger partial charge >= 0.3 is 0 Å². The number of rotatable bonds is 9. The molecule has 0 spiro atoms. The molecule has 2 aliphatic heterocycles. The Morgan fingerprint density at radius 3 is 2.64 bits per heavy atom. The summed E-state index contributed by atoms with van der Waals surface area (Å²) in [5.74, 6) is -0.317. The molecule has 6 heterocycles. The number of hydrogen-bond donors (Lipinski definition) is 0. The largest absolute Gasteiger partial charge is 0.488 e. The fourth-order valence-corrected chi connectivity index (χ4v) is 5.98. The molecule has 6 rings (SSSR count). The Labute approximate surface area is 241 Å². The maximum absolute atomic E-state index is 13.5. The van der Waals surface area contributed by atoms with Crippen molar-refractivity contribution < 1.29 is 26.5 Å². The van der Waals surface area contributed by atoms with Gasteiger partial charge in [0.1, 0.15) is 41.0 Å². The lowest BCUT2D eigenvalue weighted by molar-refractivity contribution is -0.0735. The Bertz CT molecular complexity index is 1740. The summed E-state index contributed by atoms with van der Waals surface area (Å²) in [6.45, 7) is 5.21. The third-order valence-electron chi connectivity index (χ3n) is 7.64. The van der Waals surface area contributed by atoms with Crippen LogP contribution in [0, 0.1) is 24.1 Å². The predicted molar refractivity (Wildman–Crippen MR) is 146 cm³/mol. The van der Waals surface area contributed by atoms with Crippen LogP contribution < -0.4 is 4.74 Å². The molecule has 0 amide bonds. The average molecular weight is 597 g/mol. The monoisotopic (exact) mass is 596 g/mol. The molecule has 0 saturated carbocycles. The van der Waals surface area contributed by atoms with Crippen molar-refractivity contribution in [2.45, 2.75) is 38.0 Å². The molecule has 2 aliphatic rings. The zero-order valence-electron chi connectivity index (χ0n) is 23.1. The summed E-state index contributed by atoms with van der Waals surface area (Å²) >= 11 is 0. The third-order valence-corrected chi connectivity index (χ3v) is 8.22. The number of halogens is 1. The maximum atomic E-state index is 13.5. The molecule has 220 valence electrons. The Morgan fingerprint density at radius 1 is 1.21 bits per heavy atom. The molecule has 0 aromatic carbocycles. The number of piperidine rings is 1. The molecule has 0 radical (unpaired) electrons. The summed E-state index contributed by atoms with van der Waals surface area (Å²) in [5.41, 5.74) is 2.99. The molecule has 1 atom stereocenters. The van der Waals surface area contributed by atoms with Gasteiger partial charge in [0.25, 0.3) is 10.1 Å². The van der Waals surface area contributed by atoms with Crippen LogP contribution in [0.3, 0.4) is 0 Å². The number of pyridine rings is 2. The summed E-state index contributed by atoms with van der Waals surface area (Å²) in [5, 5.41) is 23.0. The maximum Gasteiger partial charge on any atom is 0.265 e. The smallest absolute Gasteiger partial charge is 0.265 e. The Balaban J connectivity index is 1.29. The van der Waals surface area contributed by atoms with Gasteiger partial charge in [0.2, 0.25) is 0 Å². The number of ether oxygens (including phenoxy) is 2. The minimum atomic E-state index is -3.92. The summed E-state index contributed by atoms with van der Waals surface area (Å²) in [6.07, 6.45) is 5.78. The minimum absolute atomic E-state index is 0.165. The first-order chi connectivity index (χ1) is 20.2. The Hall–Kier alpha value is -3.97.